The van der Waals surface area contributed by atoms with Crippen molar-refractivity contribution in [2.75, 3.05) is 13.1 Å². The van der Waals surface area contributed by atoms with E-state index in [1.165, 1.54) is 52.5 Å². The maximum Gasteiger partial charge on any atom is 0.166 e. The number of likely N-dealkylation sites (tertiary alicyclic amines) is 1. The molecule has 2 N–H and O–H groups in total. The second-order valence-corrected chi connectivity index (χ2v) is 12.2. The van der Waals surface area contributed by atoms with E-state index in [2.05, 4.69) is 33.7 Å². The van der Waals surface area contributed by atoms with Gasteiger partial charge >= 0.3 is 0 Å². The molecule has 9 rings (SSSR count). The smallest absolute Gasteiger partial charge is 0.166 e. The number of aromatic hydroxyl groups is 1. The highest BCUT2D eigenvalue weighted by Gasteiger charge is 2.73. The van der Waals surface area contributed by atoms with Crippen molar-refractivity contribution >= 4 is 10.9 Å². The number of aromatic nitrogens is 1. The van der Waals surface area contributed by atoms with Crippen LogP contribution in [0, 0.1) is 5.92 Å². The van der Waals surface area contributed by atoms with E-state index in [-0.39, 0.29) is 17.9 Å². The minimum atomic E-state index is -0.900. The Balaban J connectivity index is 1.36. The first-order valence-corrected chi connectivity index (χ1v) is 13.7. The summed E-state index contributed by atoms with van der Waals surface area (Å²) in [6.45, 7) is 3.11. The molecule has 1 saturated heterocycles. The van der Waals surface area contributed by atoms with E-state index in [0.717, 1.165) is 56.8 Å². The normalized spacial score (nSPS) is 34.3. The molecule has 0 radical (unpaired) electrons. The number of ether oxygens (including phenoxy) is 1. The van der Waals surface area contributed by atoms with Gasteiger partial charge < -0.3 is 19.5 Å². The predicted octanol–water partition coefficient (Wildman–Crippen LogP) is 4.38. The third-order valence-corrected chi connectivity index (χ3v) is 10.6. The summed E-state index contributed by atoms with van der Waals surface area (Å²) in [7, 11) is 0. The second kappa shape index (κ2) is 6.24. The van der Waals surface area contributed by atoms with Crippen LogP contribution >= 0.6 is 0 Å². The number of nitrogens with zero attached hydrogens (tertiary/aromatic N) is 2. The molecule has 5 heteroatoms. The molecule has 1 saturated carbocycles. The number of phenolic OH excluding ortho intramolecular Hbond substituents is 1. The molecular formula is C30H32N2O3. The third-order valence-electron chi connectivity index (χ3n) is 10.6. The van der Waals surface area contributed by atoms with E-state index in [9.17, 15) is 10.2 Å². The van der Waals surface area contributed by atoms with Crippen LogP contribution in [0.3, 0.4) is 0 Å². The van der Waals surface area contributed by atoms with Gasteiger partial charge in [-0.1, -0.05) is 24.3 Å². The van der Waals surface area contributed by atoms with Crippen molar-refractivity contribution in [3.05, 3.63) is 58.3 Å². The Labute approximate surface area is 205 Å². The van der Waals surface area contributed by atoms with Crippen molar-refractivity contribution in [2.24, 2.45) is 5.92 Å². The van der Waals surface area contributed by atoms with Gasteiger partial charge in [-0.25, -0.2) is 0 Å². The van der Waals surface area contributed by atoms with E-state index in [1.807, 2.05) is 6.07 Å². The fourth-order valence-corrected chi connectivity index (χ4v) is 9.00. The number of piperidine rings is 1. The molecule has 5 nitrogen and oxygen atoms in total. The van der Waals surface area contributed by atoms with Gasteiger partial charge in [0, 0.05) is 36.5 Å². The molecule has 1 spiro atoms. The molecule has 3 aliphatic heterocycles. The third kappa shape index (κ3) is 2.17. The molecule has 1 aromatic heterocycles. The van der Waals surface area contributed by atoms with E-state index < -0.39 is 11.0 Å². The summed E-state index contributed by atoms with van der Waals surface area (Å²) in [5.41, 5.74) is 6.35. The van der Waals surface area contributed by atoms with Crippen LogP contribution in [0.25, 0.3) is 10.9 Å². The van der Waals surface area contributed by atoms with Crippen LogP contribution < -0.4 is 4.74 Å². The fourth-order valence-electron chi connectivity index (χ4n) is 9.00. The SMILES string of the molecule is Oc1ccc2c3c1O[C@H]1c4c(c5cccc6c5n4CCCC6)C[C@@]4(O)[C@H](C2)N(CC2CC2)CC[C@]314. The molecule has 3 aliphatic carbocycles. The zero-order valence-corrected chi connectivity index (χ0v) is 20.1. The van der Waals surface area contributed by atoms with Crippen LogP contribution in [0.4, 0.5) is 0 Å². The standard InChI is InChI=1S/C30H32N2O3/c33-22-10-9-19-14-23-30(34)15-21-20-6-3-5-18-4-1-2-12-32(25(18)20)26(21)28-29(30,24(19)27(22)35-28)11-13-31(23)16-17-7-8-17/h3,5-6,9-10,17,23,28,33-34H,1-2,4,7-8,11-16H2/t23-,28-,29-,30+/m0/s1. The number of aliphatic hydroxyl groups is 1. The Bertz CT molecular complexity index is 1440. The number of fused-ring (bicyclic) bond motifs is 4. The van der Waals surface area contributed by atoms with Crippen LogP contribution in [-0.4, -0.2) is 44.4 Å². The zero-order chi connectivity index (χ0) is 23.1. The number of benzene rings is 2. The summed E-state index contributed by atoms with van der Waals surface area (Å²) in [6, 6.07) is 10.8. The minimum Gasteiger partial charge on any atom is -0.504 e. The number of hydrogen-bond donors (Lipinski definition) is 2. The first kappa shape index (κ1) is 19.7. The quantitative estimate of drug-likeness (QED) is 0.586. The molecule has 6 aliphatic rings. The van der Waals surface area contributed by atoms with E-state index in [1.54, 1.807) is 0 Å². The van der Waals surface area contributed by atoms with E-state index >= 15 is 0 Å². The lowest BCUT2D eigenvalue weighted by Crippen LogP contribution is -2.74. The van der Waals surface area contributed by atoms with Crippen LogP contribution in [0.5, 0.6) is 11.5 Å². The summed E-state index contributed by atoms with van der Waals surface area (Å²) in [5, 5.41) is 25.3. The van der Waals surface area contributed by atoms with Crippen molar-refractivity contribution < 1.29 is 14.9 Å². The van der Waals surface area contributed by atoms with Gasteiger partial charge in [0.15, 0.2) is 17.6 Å². The maximum absolute atomic E-state index is 13.0. The summed E-state index contributed by atoms with van der Waals surface area (Å²) >= 11 is 0. The lowest BCUT2D eigenvalue weighted by Gasteiger charge is -2.63. The fraction of sp³-hybridized carbons (Fsp3) is 0.533. The number of phenols is 1. The van der Waals surface area contributed by atoms with Crippen LogP contribution in [0.2, 0.25) is 0 Å². The molecule has 4 atom stereocenters. The van der Waals surface area contributed by atoms with Crippen molar-refractivity contribution in [3.63, 3.8) is 0 Å². The first-order chi connectivity index (χ1) is 17.1. The number of hydrogen-bond acceptors (Lipinski definition) is 4. The Morgan fingerprint density at radius 3 is 2.86 bits per heavy atom. The second-order valence-electron chi connectivity index (χ2n) is 12.2. The Kier molecular flexibility index (Phi) is 3.51. The highest BCUT2D eigenvalue weighted by atomic mass is 16.5. The zero-order valence-electron chi connectivity index (χ0n) is 20.1. The Hall–Kier alpha value is -2.50. The van der Waals surface area contributed by atoms with Crippen LogP contribution in [0.1, 0.15) is 66.2 Å². The molecule has 2 bridgehead atoms. The largest absolute Gasteiger partial charge is 0.504 e. The minimum absolute atomic E-state index is 0.0913. The van der Waals surface area contributed by atoms with Gasteiger partial charge in [0.25, 0.3) is 0 Å². The number of rotatable bonds is 2. The molecule has 0 amide bonds. The van der Waals surface area contributed by atoms with Crippen molar-refractivity contribution in [3.8, 4) is 11.5 Å². The number of para-hydroxylation sites is 1. The molecule has 2 aromatic carbocycles. The predicted molar refractivity (Wildman–Crippen MR) is 133 cm³/mol. The number of aryl methyl sites for hydroxylation is 2. The lowest BCUT2D eigenvalue weighted by molar-refractivity contribution is -0.173. The van der Waals surface area contributed by atoms with Crippen molar-refractivity contribution in [2.45, 2.75) is 81.1 Å². The van der Waals surface area contributed by atoms with Gasteiger partial charge in [-0.05, 0) is 80.2 Å². The highest BCUT2D eigenvalue weighted by Crippen LogP contribution is 2.69. The monoisotopic (exact) mass is 468 g/mol. The summed E-state index contributed by atoms with van der Waals surface area (Å²) < 4.78 is 9.41. The molecule has 0 unspecified atom stereocenters. The summed E-state index contributed by atoms with van der Waals surface area (Å²) in [6.07, 6.45) is 8.29. The molecular weight excluding hydrogens is 436 g/mol. The van der Waals surface area contributed by atoms with Gasteiger partial charge in [-0.3, -0.25) is 4.90 Å². The maximum atomic E-state index is 13.0. The van der Waals surface area contributed by atoms with Crippen LogP contribution in [0.15, 0.2) is 30.3 Å². The van der Waals surface area contributed by atoms with Gasteiger partial charge in [-0.15, -0.1) is 0 Å². The Morgan fingerprint density at radius 1 is 1.06 bits per heavy atom. The molecule has 180 valence electrons. The molecule has 2 fully saturated rings. The molecule has 3 aromatic rings. The Morgan fingerprint density at radius 2 is 1.97 bits per heavy atom. The van der Waals surface area contributed by atoms with Gasteiger partial charge in [-0.2, -0.15) is 0 Å². The lowest BCUT2D eigenvalue weighted by atomic mass is 9.49. The molecule has 35 heavy (non-hydrogen) atoms. The van der Waals surface area contributed by atoms with Gasteiger partial charge in [0.1, 0.15) is 0 Å². The topological polar surface area (TPSA) is 57.9 Å². The average Bonchev–Trinajstić information content (AvgIpc) is 3.56. The van der Waals surface area contributed by atoms with E-state index in [4.69, 9.17) is 4.74 Å². The first-order valence-electron chi connectivity index (χ1n) is 13.7. The molecule has 4 heterocycles. The van der Waals surface area contributed by atoms with Crippen molar-refractivity contribution in [1.82, 2.24) is 9.47 Å². The van der Waals surface area contributed by atoms with Gasteiger partial charge in [0.05, 0.1) is 22.2 Å². The summed E-state index contributed by atoms with van der Waals surface area (Å²) in [4.78, 5) is 2.62. The van der Waals surface area contributed by atoms with Crippen LogP contribution in [-0.2, 0) is 31.2 Å². The van der Waals surface area contributed by atoms with Crippen molar-refractivity contribution in [1.29, 1.82) is 0 Å². The average molecular weight is 469 g/mol. The van der Waals surface area contributed by atoms with Gasteiger partial charge in [0.2, 0.25) is 0 Å². The summed E-state index contributed by atoms with van der Waals surface area (Å²) in [5.74, 6) is 1.66. The van der Waals surface area contributed by atoms with E-state index in [0.29, 0.717) is 12.2 Å². The highest BCUT2D eigenvalue weighted by molar-refractivity contribution is 5.90.